The molecule has 42 heavy (non-hydrogen) atoms. The Balaban J connectivity index is 2.41. The molecule has 0 bridgehead atoms. The van der Waals surface area contributed by atoms with Gasteiger partial charge in [-0.05, 0) is 107 Å². The maximum absolute atomic E-state index is 12.7. The molecule has 1 fully saturated rings. The summed E-state index contributed by atoms with van der Waals surface area (Å²) in [5.74, 6) is 0.708. The highest BCUT2D eigenvalue weighted by Crippen LogP contribution is 2.44. The molecule has 9 heteroatoms. The molecule has 0 spiro atoms. The van der Waals surface area contributed by atoms with Crippen LogP contribution in [0.1, 0.15) is 102 Å². The van der Waals surface area contributed by atoms with Crippen LogP contribution in [0.4, 0.5) is 0 Å². The van der Waals surface area contributed by atoms with E-state index in [0.717, 1.165) is 56.1 Å². The molecule has 0 aromatic heterocycles. The number of carbonyl (C=O) groups excluding carboxylic acids is 2. The number of aliphatic imine (C=N–C) groups is 1. The molecule has 1 aromatic rings. The number of hydrogen-bond donors (Lipinski definition) is 4. The maximum Gasteiger partial charge on any atom is 0.185 e. The number of methoxy groups -OCH3 is 1. The molecule has 9 nitrogen and oxygen atoms in total. The van der Waals surface area contributed by atoms with Crippen LogP contribution in [0.25, 0.3) is 0 Å². The highest BCUT2D eigenvalue weighted by atomic mass is 16.5. The number of nitrogens with zero attached hydrogens (tertiary/aromatic N) is 1. The summed E-state index contributed by atoms with van der Waals surface area (Å²) in [7, 11) is 1.65. The van der Waals surface area contributed by atoms with E-state index in [2.05, 4.69) is 4.99 Å². The lowest BCUT2D eigenvalue weighted by atomic mass is 9.79. The lowest BCUT2D eigenvalue weighted by Gasteiger charge is -2.29. The van der Waals surface area contributed by atoms with Gasteiger partial charge in [0.05, 0.1) is 6.10 Å². The van der Waals surface area contributed by atoms with E-state index in [1.807, 2.05) is 25.1 Å². The van der Waals surface area contributed by atoms with Crippen LogP contribution < -0.4 is 16.2 Å². The Kier molecular flexibility index (Phi) is 16.2. The van der Waals surface area contributed by atoms with Gasteiger partial charge in [-0.2, -0.15) is 0 Å². The van der Waals surface area contributed by atoms with Crippen LogP contribution in [-0.2, 0) is 20.7 Å². The Morgan fingerprint density at radius 2 is 1.88 bits per heavy atom. The van der Waals surface area contributed by atoms with Crippen LogP contribution in [0.2, 0.25) is 0 Å². The minimum absolute atomic E-state index is 0.00565. The average Bonchev–Trinajstić information content (AvgIpc) is 3.47. The van der Waals surface area contributed by atoms with Gasteiger partial charge in [-0.25, -0.2) is 0 Å². The lowest BCUT2D eigenvalue weighted by molar-refractivity contribution is -0.117. The number of allylic oxidation sites excluding steroid dienone is 2. The van der Waals surface area contributed by atoms with Crippen molar-refractivity contribution in [3.05, 3.63) is 35.4 Å². The number of aliphatic hydroxyl groups excluding tert-OH is 1. The molecule has 236 valence electrons. The predicted molar refractivity (Wildman–Crippen MR) is 167 cm³/mol. The Labute approximate surface area is 251 Å². The van der Waals surface area contributed by atoms with E-state index in [0.29, 0.717) is 51.0 Å². The van der Waals surface area contributed by atoms with Gasteiger partial charge in [-0.3, -0.25) is 9.79 Å². The van der Waals surface area contributed by atoms with Crippen molar-refractivity contribution in [2.75, 3.05) is 26.9 Å². The topological polar surface area (TPSA) is 157 Å². The number of phenolic OH excluding ortho intramolecular Hbond substituents is 1. The number of benzene rings is 1. The minimum Gasteiger partial charge on any atom is -0.504 e. The third-order valence-corrected chi connectivity index (χ3v) is 8.18. The molecule has 0 radical (unpaired) electrons. The molecule has 0 heterocycles. The zero-order chi connectivity index (χ0) is 30.9. The van der Waals surface area contributed by atoms with Gasteiger partial charge >= 0.3 is 0 Å². The fourth-order valence-corrected chi connectivity index (χ4v) is 5.77. The molecule has 2 rings (SSSR count). The zero-order valence-electron chi connectivity index (χ0n) is 25.9. The molecule has 0 amide bonds. The number of aromatic hydroxyl groups is 1. The first kappa shape index (κ1) is 35.3. The van der Waals surface area contributed by atoms with Crippen LogP contribution >= 0.6 is 0 Å². The van der Waals surface area contributed by atoms with E-state index in [9.17, 15) is 19.8 Å². The summed E-state index contributed by atoms with van der Waals surface area (Å²) in [6.45, 7) is 4.65. The molecule has 1 aliphatic rings. The van der Waals surface area contributed by atoms with Crippen LogP contribution in [-0.4, -0.2) is 60.7 Å². The van der Waals surface area contributed by atoms with Crippen molar-refractivity contribution in [3.8, 4) is 11.5 Å². The monoisotopic (exact) mass is 587 g/mol. The molecule has 1 saturated carbocycles. The van der Waals surface area contributed by atoms with Gasteiger partial charge in [0.1, 0.15) is 5.78 Å². The van der Waals surface area contributed by atoms with E-state index in [1.165, 1.54) is 0 Å². The van der Waals surface area contributed by atoms with E-state index in [1.54, 1.807) is 20.1 Å². The van der Waals surface area contributed by atoms with Crippen molar-refractivity contribution in [2.24, 2.45) is 28.3 Å². The fourth-order valence-electron chi connectivity index (χ4n) is 5.77. The normalized spacial score (nSPS) is 15.9. The van der Waals surface area contributed by atoms with E-state index in [-0.39, 0.29) is 53.7 Å². The van der Waals surface area contributed by atoms with Crippen molar-refractivity contribution in [2.45, 2.75) is 103 Å². The number of guanidine groups is 1. The summed E-state index contributed by atoms with van der Waals surface area (Å²) < 4.78 is 11.9. The quantitative estimate of drug-likeness (QED) is 0.0681. The number of Topliss-reactive ketones (excluding diaryl/α,β-unsaturated/α-hetero) is 1. The summed E-state index contributed by atoms with van der Waals surface area (Å²) in [5.41, 5.74) is 12.6. The molecular formula is C33H53N3O6. The summed E-state index contributed by atoms with van der Waals surface area (Å²) >= 11 is 0. The number of ketones is 2. The average molecular weight is 588 g/mol. The van der Waals surface area contributed by atoms with Gasteiger partial charge in [0, 0.05) is 45.3 Å². The second kappa shape index (κ2) is 19.3. The first-order valence-corrected chi connectivity index (χ1v) is 15.6. The van der Waals surface area contributed by atoms with Crippen molar-refractivity contribution in [1.29, 1.82) is 0 Å². The number of nitrogens with two attached hydrogens (primary N) is 2. The van der Waals surface area contributed by atoms with E-state index in [4.69, 9.17) is 20.9 Å². The van der Waals surface area contributed by atoms with Crippen LogP contribution in [0.5, 0.6) is 11.5 Å². The largest absolute Gasteiger partial charge is 0.504 e. The molecule has 0 unspecified atom stereocenters. The highest BCUT2D eigenvalue weighted by Gasteiger charge is 2.29. The van der Waals surface area contributed by atoms with Crippen LogP contribution in [0, 0.1) is 11.8 Å². The standard InChI is InChI=1S/C33H53N3O6/c1-4-24(17-19-37)12-14-27(39)15-13-25-20-30(32(40)31(21-25)42-28-9-5-6-10-28)29(16-11-23(2)38)26(22-41-3)8-7-18-36-33(34)35/h12,14,20-21,24,26,28-29,37,40H,4-11,13,15-19,22H2,1-3H3,(H4,34,35,36)/t24-,26-,29-/m1/s1. The third kappa shape index (κ3) is 12.5. The molecule has 1 aliphatic carbocycles. The van der Waals surface area contributed by atoms with Crippen LogP contribution in [0.3, 0.4) is 0 Å². The molecule has 6 N–H and O–H groups in total. The Hall–Kier alpha value is -2.91. The second-order valence-electron chi connectivity index (χ2n) is 11.6. The lowest BCUT2D eigenvalue weighted by Crippen LogP contribution is -2.23. The third-order valence-electron chi connectivity index (χ3n) is 8.18. The number of phenols is 1. The van der Waals surface area contributed by atoms with Crippen molar-refractivity contribution in [3.63, 3.8) is 0 Å². The first-order valence-electron chi connectivity index (χ1n) is 15.6. The Morgan fingerprint density at radius 1 is 1.14 bits per heavy atom. The summed E-state index contributed by atoms with van der Waals surface area (Å²) in [5, 5.41) is 20.8. The number of hydrogen-bond acceptors (Lipinski definition) is 7. The fraction of sp³-hybridized carbons (Fsp3) is 0.667. The van der Waals surface area contributed by atoms with Gasteiger partial charge in [-0.1, -0.05) is 19.1 Å². The number of aliphatic hydroxyl groups is 1. The summed E-state index contributed by atoms with van der Waals surface area (Å²) in [6.07, 6.45) is 12.4. The SMILES string of the molecule is CC[C@H](C=CC(=O)CCc1cc(OC2CCCC2)c(O)c([C@H](CCC(C)=O)[C@H](CCCN=C(N)N)COC)c1)CCO. The molecule has 0 aliphatic heterocycles. The molecule has 1 aromatic carbocycles. The van der Waals surface area contributed by atoms with Gasteiger partial charge in [0.15, 0.2) is 23.2 Å². The smallest absolute Gasteiger partial charge is 0.185 e. The zero-order valence-corrected chi connectivity index (χ0v) is 25.9. The van der Waals surface area contributed by atoms with Crippen molar-refractivity contribution in [1.82, 2.24) is 0 Å². The van der Waals surface area contributed by atoms with Crippen LogP contribution in [0.15, 0.2) is 29.3 Å². The Bertz CT molecular complexity index is 1030. The van der Waals surface area contributed by atoms with Crippen molar-refractivity contribution < 1.29 is 29.3 Å². The summed E-state index contributed by atoms with van der Waals surface area (Å²) in [4.78, 5) is 28.9. The summed E-state index contributed by atoms with van der Waals surface area (Å²) in [6, 6.07) is 3.83. The van der Waals surface area contributed by atoms with Crippen molar-refractivity contribution >= 4 is 17.5 Å². The highest BCUT2D eigenvalue weighted by molar-refractivity contribution is 5.89. The number of aryl methyl sites for hydroxylation is 1. The second-order valence-corrected chi connectivity index (χ2v) is 11.6. The van der Waals surface area contributed by atoms with Gasteiger partial charge in [0.2, 0.25) is 0 Å². The van der Waals surface area contributed by atoms with Gasteiger partial charge in [0.25, 0.3) is 0 Å². The number of carbonyl (C=O) groups is 2. The molecular weight excluding hydrogens is 534 g/mol. The predicted octanol–water partition coefficient (Wildman–Crippen LogP) is 4.95. The Morgan fingerprint density at radius 3 is 2.50 bits per heavy atom. The molecule has 0 saturated heterocycles. The van der Waals surface area contributed by atoms with Gasteiger partial charge < -0.3 is 35.9 Å². The van der Waals surface area contributed by atoms with E-state index < -0.39 is 0 Å². The van der Waals surface area contributed by atoms with Gasteiger partial charge in [-0.15, -0.1) is 0 Å². The first-order chi connectivity index (χ1) is 20.2. The maximum atomic E-state index is 12.7. The number of ether oxygens (including phenoxy) is 2. The number of rotatable bonds is 21. The van der Waals surface area contributed by atoms with E-state index >= 15 is 0 Å². The molecule has 3 atom stereocenters. The minimum atomic E-state index is -0.168.